The van der Waals surface area contributed by atoms with E-state index < -0.39 is 0 Å². The summed E-state index contributed by atoms with van der Waals surface area (Å²) in [5.41, 5.74) is 5.81. The summed E-state index contributed by atoms with van der Waals surface area (Å²) in [7, 11) is 2.10. The van der Waals surface area contributed by atoms with E-state index >= 15 is 0 Å². The van der Waals surface area contributed by atoms with Gasteiger partial charge in [0.2, 0.25) is 0 Å². The molecule has 0 aliphatic heterocycles. The first-order valence-electron chi connectivity index (χ1n) is 5.92. The van der Waals surface area contributed by atoms with Crippen LogP contribution in [0.4, 0.5) is 0 Å². The molecule has 18 heavy (non-hydrogen) atoms. The molecule has 1 aliphatic carbocycles. The molecular weight excluding hydrogens is 270 g/mol. The van der Waals surface area contributed by atoms with Gasteiger partial charge in [-0.1, -0.05) is 16.8 Å². The summed E-state index contributed by atoms with van der Waals surface area (Å²) >= 11 is 7.53. The summed E-state index contributed by atoms with van der Waals surface area (Å²) in [6.07, 6.45) is 2.98. The third kappa shape index (κ3) is 3.60. The Bertz CT molecular complexity index is 442. The molecule has 3 N–H and O–H groups in total. The molecule has 4 nitrogen and oxygen atoms in total. The standard InChI is InChI=1S/C12H18ClN3OS/c1-16(7-9-2-3-10(13)18-9)8-12(4-5-12)6-11(14)15-17/h2-3,17H,4-8H2,1H3,(H2,14,15). The van der Waals surface area contributed by atoms with E-state index in [-0.39, 0.29) is 5.41 Å². The molecule has 0 saturated heterocycles. The molecule has 1 aromatic rings. The molecule has 1 fully saturated rings. The number of oxime groups is 1. The van der Waals surface area contributed by atoms with Gasteiger partial charge in [-0.15, -0.1) is 11.3 Å². The number of nitrogens with zero attached hydrogens (tertiary/aromatic N) is 2. The number of halogens is 1. The van der Waals surface area contributed by atoms with Gasteiger partial charge in [0.05, 0.1) is 4.34 Å². The fourth-order valence-electron chi connectivity index (χ4n) is 2.32. The van der Waals surface area contributed by atoms with Gasteiger partial charge in [-0.3, -0.25) is 0 Å². The fourth-order valence-corrected chi connectivity index (χ4v) is 3.49. The highest BCUT2D eigenvalue weighted by atomic mass is 35.5. The first kappa shape index (κ1) is 13.6. The molecule has 6 heteroatoms. The van der Waals surface area contributed by atoms with Crippen LogP contribution in [0.1, 0.15) is 24.1 Å². The van der Waals surface area contributed by atoms with E-state index in [4.69, 9.17) is 22.5 Å². The zero-order valence-electron chi connectivity index (χ0n) is 10.4. The number of thiophene rings is 1. The van der Waals surface area contributed by atoms with Crippen molar-refractivity contribution in [2.24, 2.45) is 16.3 Å². The second-order valence-electron chi connectivity index (χ2n) is 5.15. The quantitative estimate of drug-likeness (QED) is 0.366. The van der Waals surface area contributed by atoms with E-state index in [9.17, 15) is 0 Å². The zero-order valence-corrected chi connectivity index (χ0v) is 12.0. The minimum atomic E-state index is 0.214. The van der Waals surface area contributed by atoms with Crippen LogP contribution in [0, 0.1) is 5.41 Å². The van der Waals surface area contributed by atoms with E-state index in [2.05, 4.69) is 23.2 Å². The summed E-state index contributed by atoms with van der Waals surface area (Å²) in [5.74, 6) is 0.333. The van der Waals surface area contributed by atoms with Gasteiger partial charge >= 0.3 is 0 Å². The molecule has 0 unspecified atom stereocenters. The van der Waals surface area contributed by atoms with Gasteiger partial charge < -0.3 is 15.8 Å². The molecule has 0 amide bonds. The van der Waals surface area contributed by atoms with Crippen LogP contribution < -0.4 is 5.73 Å². The van der Waals surface area contributed by atoms with Crippen molar-refractivity contribution in [3.05, 3.63) is 21.3 Å². The third-order valence-corrected chi connectivity index (χ3v) is 4.52. The van der Waals surface area contributed by atoms with Crippen LogP contribution in [0.3, 0.4) is 0 Å². The van der Waals surface area contributed by atoms with Crippen LogP contribution in [0.2, 0.25) is 4.34 Å². The molecule has 1 heterocycles. The van der Waals surface area contributed by atoms with Crippen molar-refractivity contribution in [3.63, 3.8) is 0 Å². The first-order chi connectivity index (χ1) is 8.53. The van der Waals surface area contributed by atoms with E-state index in [0.29, 0.717) is 12.3 Å². The van der Waals surface area contributed by atoms with Gasteiger partial charge in [-0.2, -0.15) is 0 Å². The van der Waals surface area contributed by atoms with Crippen LogP contribution in [0.5, 0.6) is 0 Å². The number of hydrogen-bond acceptors (Lipinski definition) is 4. The Balaban J connectivity index is 1.86. The van der Waals surface area contributed by atoms with E-state index in [1.165, 1.54) is 4.88 Å². The topological polar surface area (TPSA) is 61.8 Å². The molecule has 0 aromatic carbocycles. The lowest BCUT2D eigenvalue weighted by Gasteiger charge is -2.22. The van der Waals surface area contributed by atoms with Crippen molar-refractivity contribution in [3.8, 4) is 0 Å². The largest absolute Gasteiger partial charge is 0.409 e. The Morgan fingerprint density at radius 3 is 2.83 bits per heavy atom. The van der Waals surface area contributed by atoms with Gasteiger partial charge in [0, 0.05) is 24.4 Å². The minimum absolute atomic E-state index is 0.214. The van der Waals surface area contributed by atoms with Crippen LogP contribution in [-0.2, 0) is 6.54 Å². The Labute approximate surface area is 116 Å². The summed E-state index contributed by atoms with van der Waals surface area (Å²) < 4.78 is 0.830. The molecule has 0 spiro atoms. The third-order valence-electron chi connectivity index (χ3n) is 3.30. The normalized spacial score (nSPS) is 18.3. The Kier molecular flexibility index (Phi) is 4.14. The molecule has 1 saturated carbocycles. The summed E-state index contributed by atoms with van der Waals surface area (Å²) in [6, 6.07) is 3.99. The maximum atomic E-state index is 8.63. The van der Waals surface area contributed by atoms with Crippen molar-refractivity contribution in [2.75, 3.05) is 13.6 Å². The van der Waals surface area contributed by atoms with Gasteiger partial charge in [-0.25, -0.2) is 0 Å². The number of rotatable bonds is 6. The molecule has 0 bridgehead atoms. The second-order valence-corrected chi connectivity index (χ2v) is 6.95. The number of hydrogen-bond donors (Lipinski definition) is 2. The number of nitrogens with two attached hydrogens (primary N) is 1. The summed E-state index contributed by atoms with van der Waals surface area (Å²) in [5, 5.41) is 11.7. The lowest BCUT2D eigenvalue weighted by Crippen LogP contribution is -2.29. The summed E-state index contributed by atoms with van der Waals surface area (Å²) in [6.45, 7) is 1.87. The SMILES string of the molecule is CN(Cc1ccc(Cl)s1)CC1(CC(N)=NO)CC1. The molecule has 2 rings (SSSR count). The highest BCUT2D eigenvalue weighted by Crippen LogP contribution is 2.49. The molecule has 0 radical (unpaired) electrons. The van der Waals surface area contributed by atoms with Gasteiger partial charge in [0.25, 0.3) is 0 Å². The molecular formula is C12H18ClN3OS. The van der Waals surface area contributed by atoms with Crippen molar-refractivity contribution < 1.29 is 5.21 Å². The Morgan fingerprint density at radius 1 is 1.61 bits per heavy atom. The van der Waals surface area contributed by atoms with Crippen LogP contribution >= 0.6 is 22.9 Å². The van der Waals surface area contributed by atoms with Crippen molar-refractivity contribution in [1.82, 2.24) is 4.90 Å². The van der Waals surface area contributed by atoms with Crippen LogP contribution in [0.25, 0.3) is 0 Å². The lowest BCUT2D eigenvalue weighted by molar-refractivity contribution is 0.258. The lowest BCUT2D eigenvalue weighted by atomic mass is 10.0. The van der Waals surface area contributed by atoms with Gasteiger partial charge in [-0.05, 0) is 37.4 Å². The Hall–Kier alpha value is -0.780. The molecule has 1 aliphatic rings. The van der Waals surface area contributed by atoms with E-state index in [1.54, 1.807) is 11.3 Å². The van der Waals surface area contributed by atoms with Crippen molar-refractivity contribution in [1.29, 1.82) is 0 Å². The minimum Gasteiger partial charge on any atom is -0.409 e. The Morgan fingerprint density at radius 2 is 2.33 bits per heavy atom. The zero-order chi connectivity index (χ0) is 13.2. The fraction of sp³-hybridized carbons (Fsp3) is 0.583. The highest BCUT2D eigenvalue weighted by Gasteiger charge is 2.44. The maximum Gasteiger partial charge on any atom is 0.139 e. The van der Waals surface area contributed by atoms with Gasteiger partial charge in [0.1, 0.15) is 5.84 Å². The van der Waals surface area contributed by atoms with Crippen LogP contribution in [0.15, 0.2) is 17.3 Å². The van der Waals surface area contributed by atoms with Gasteiger partial charge in [0.15, 0.2) is 0 Å². The highest BCUT2D eigenvalue weighted by molar-refractivity contribution is 7.16. The van der Waals surface area contributed by atoms with E-state index in [1.807, 2.05) is 6.07 Å². The molecule has 0 atom stereocenters. The van der Waals surface area contributed by atoms with Crippen molar-refractivity contribution >= 4 is 28.8 Å². The predicted molar refractivity (Wildman–Crippen MR) is 75.4 cm³/mol. The average molecular weight is 288 g/mol. The van der Waals surface area contributed by atoms with E-state index in [0.717, 1.165) is 30.3 Å². The van der Waals surface area contributed by atoms with Crippen molar-refractivity contribution in [2.45, 2.75) is 25.8 Å². The second kappa shape index (κ2) is 5.47. The smallest absolute Gasteiger partial charge is 0.139 e. The summed E-state index contributed by atoms with van der Waals surface area (Å²) in [4.78, 5) is 3.54. The predicted octanol–water partition coefficient (Wildman–Crippen LogP) is 2.75. The van der Waals surface area contributed by atoms with Crippen LogP contribution in [-0.4, -0.2) is 29.5 Å². The monoisotopic (exact) mass is 287 g/mol. The first-order valence-corrected chi connectivity index (χ1v) is 7.12. The maximum absolute atomic E-state index is 8.63. The molecule has 100 valence electrons. The number of amidine groups is 1. The molecule has 1 aromatic heterocycles. The average Bonchev–Trinajstić information content (AvgIpc) is 2.92.